The molecule has 1 saturated carbocycles. The number of amides is 1. The maximum Gasteiger partial charge on any atom is 0.223 e. The van der Waals surface area contributed by atoms with Gasteiger partial charge in [-0.1, -0.05) is 19.1 Å². The lowest BCUT2D eigenvalue weighted by molar-refractivity contribution is -0.122. The fraction of sp³-hybridized carbons (Fsp3) is 0.316. The largest absolute Gasteiger partial charge is 0.354 e. The van der Waals surface area contributed by atoms with Crippen LogP contribution in [0, 0.1) is 11.8 Å². The zero-order valence-corrected chi connectivity index (χ0v) is 14.9. The maximum atomic E-state index is 12.0. The predicted octanol–water partition coefficient (Wildman–Crippen LogP) is 3.45. The molecule has 128 valence electrons. The molecule has 0 unspecified atom stereocenters. The van der Waals surface area contributed by atoms with Gasteiger partial charge < -0.3 is 5.32 Å². The van der Waals surface area contributed by atoms with Crippen LogP contribution in [-0.4, -0.2) is 27.2 Å². The van der Waals surface area contributed by atoms with Gasteiger partial charge in [-0.15, -0.1) is 11.3 Å². The van der Waals surface area contributed by atoms with E-state index in [1.807, 2.05) is 35.1 Å². The molecule has 1 amide bonds. The molecule has 4 rings (SSSR count). The van der Waals surface area contributed by atoms with Gasteiger partial charge in [-0.2, -0.15) is 5.10 Å². The maximum absolute atomic E-state index is 12.0. The molecule has 3 aromatic rings. The zero-order valence-electron chi connectivity index (χ0n) is 14.1. The number of carbonyl (C=O) groups is 1. The summed E-state index contributed by atoms with van der Waals surface area (Å²) in [6, 6.07) is 10.0. The van der Waals surface area contributed by atoms with Crippen molar-refractivity contribution in [2.24, 2.45) is 11.8 Å². The minimum absolute atomic E-state index is 0.169. The summed E-state index contributed by atoms with van der Waals surface area (Å²) in [5.74, 6) is 0.905. The number of hydrogen-bond donors (Lipinski definition) is 1. The molecule has 0 saturated heterocycles. The van der Waals surface area contributed by atoms with Gasteiger partial charge in [0.2, 0.25) is 5.91 Å². The molecule has 0 bridgehead atoms. The molecule has 0 radical (unpaired) electrons. The van der Waals surface area contributed by atoms with Crippen molar-refractivity contribution in [1.29, 1.82) is 0 Å². The van der Waals surface area contributed by atoms with Gasteiger partial charge in [-0.05, 0) is 35.9 Å². The van der Waals surface area contributed by atoms with Crippen LogP contribution in [0.4, 0.5) is 0 Å². The Hall–Kier alpha value is -2.47. The van der Waals surface area contributed by atoms with E-state index in [0.717, 1.165) is 28.2 Å². The van der Waals surface area contributed by atoms with E-state index >= 15 is 0 Å². The normalized spacial score (nSPS) is 18.9. The predicted molar refractivity (Wildman–Crippen MR) is 99.1 cm³/mol. The average Bonchev–Trinajstić information content (AvgIpc) is 3.04. The fourth-order valence-electron chi connectivity index (χ4n) is 3.04. The number of pyridine rings is 1. The SMILES string of the molecule is C[C@@H]1C[C@@H]1C(=O)NCCn1ncc(-c2ccccn2)c1-c1cccs1. The van der Waals surface area contributed by atoms with Crippen LogP contribution < -0.4 is 5.32 Å². The molecule has 6 heteroatoms. The first-order valence-corrected chi connectivity index (χ1v) is 9.41. The summed E-state index contributed by atoms with van der Waals surface area (Å²) in [6.07, 6.45) is 4.67. The molecule has 3 aromatic heterocycles. The van der Waals surface area contributed by atoms with E-state index in [4.69, 9.17) is 0 Å². The molecule has 2 atom stereocenters. The van der Waals surface area contributed by atoms with Gasteiger partial charge in [-0.25, -0.2) is 0 Å². The van der Waals surface area contributed by atoms with Gasteiger partial charge in [0.25, 0.3) is 0 Å². The van der Waals surface area contributed by atoms with Crippen LogP contribution in [0.25, 0.3) is 21.8 Å². The second kappa shape index (κ2) is 6.80. The third kappa shape index (κ3) is 3.35. The van der Waals surface area contributed by atoms with E-state index < -0.39 is 0 Å². The van der Waals surface area contributed by atoms with Gasteiger partial charge in [-0.3, -0.25) is 14.5 Å². The van der Waals surface area contributed by atoms with E-state index in [2.05, 4.69) is 33.8 Å². The van der Waals surface area contributed by atoms with Crippen molar-refractivity contribution in [3.8, 4) is 21.8 Å². The summed E-state index contributed by atoms with van der Waals surface area (Å²) in [6.45, 7) is 3.35. The van der Waals surface area contributed by atoms with Gasteiger partial charge in [0.1, 0.15) is 0 Å². The monoisotopic (exact) mass is 352 g/mol. The van der Waals surface area contributed by atoms with Crippen molar-refractivity contribution in [3.05, 3.63) is 48.1 Å². The summed E-state index contributed by atoms with van der Waals surface area (Å²) in [5, 5.41) is 9.65. The Kier molecular flexibility index (Phi) is 4.36. The minimum atomic E-state index is 0.169. The minimum Gasteiger partial charge on any atom is -0.354 e. The van der Waals surface area contributed by atoms with E-state index in [1.54, 1.807) is 17.5 Å². The van der Waals surface area contributed by atoms with Crippen LogP contribution in [0.15, 0.2) is 48.1 Å². The summed E-state index contributed by atoms with van der Waals surface area (Å²) in [4.78, 5) is 17.6. The second-order valence-electron chi connectivity index (χ2n) is 6.43. The summed E-state index contributed by atoms with van der Waals surface area (Å²) in [7, 11) is 0. The van der Waals surface area contributed by atoms with Crippen LogP contribution in [0.2, 0.25) is 0 Å². The van der Waals surface area contributed by atoms with Crippen LogP contribution in [0.3, 0.4) is 0 Å². The first kappa shape index (κ1) is 16.0. The summed E-state index contributed by atoms with van der Waals surface area (Å²) in [5.41, 5.74) is 2.99. The van der Waals surface area contributed by atoms with E-state index in [-0.39, 0.29) is 11.8 Å². The highest BCUT2D eigenvalue weighted by molar-refractivity contribution is 7.13. The number of nitrogens with zero attached hydrogens (tertiary/aromatic N) is 3. The van der Waals surface area contributed by atoms with Crippen molar-refractivity contribution in [2.45, 2.75) is 19.9 Å². The number of thiophene rings is 1. The first-order valence-electron chi connectivity index (χ1n) is 8.53. The molecule has 1 fully saturated rings. The van der Waals surface area contributed by atoms with E-state index in [1.165, 1.54) is 0 Å². The topological polar surface area (TPSA) is 59.8 Å². The lowest BCUT2D eigenvalue weighted by atomic mass is 10.1. The Morgan fingerprint density at radius 2 is 2.24 bits per heavy atom. The number of nitrogens with one attached hydrogen (secondary N) is 1. The zero-order chi connectivity index (χ0) is 17.2. The fourth-order valence-corrected chi connectivity index (χ4v) is 3.83. The van der Waals surface area contributed by atoms with Crippen molar-refractivity contribution in [3.63, 3.8) is 0 Å². The van der Waals surface area contributed by atoms with Gasteiger partial charge >= 0.3 is 0 Å². The molecule has 0 aromatic carbocycles. The molecule has 1 N–H and O–H groups in total. The quantitative estimate of drug-likeness (QED) is 0.739. The molecule has 3 heterocycles. The molecule has 25 heavy (non-hydrogen) atoms. The highest BCUT2D eigenvalue weighted by Crippen LogP contribution is 2.37. The molecule has 1 aliphatic rings. The Bertz CT molecular complexity index is 857. The van der Waals surface area contributed by atoms with E-state index in [0.29, 0.717) is 19.0 Å². The molecule has 5 nitrogen and oxygen atoms in total. The third-order valence-corrected chi connectivity index (χ3v) is 5.48. The Balaban J connectivity index is 1.55. The third-order valence-electron chi connectivity index (χ3n) is 4.60. The number of carbonyl (C=O) groups excluding carboxylic acids is 1. The van der Waals surface area contributed by atoms with Crippen molar-refractivity contribution in [2.75, 3.05) is 6.54 Å². The van der Waals surface area contributed by atoms with Crippen LogP contribution in [0.1, 0.15) is 13.3 Å². The van der Waals surface area contributed by atoms with Crippen molar-refractivity contribution in [1.82, 2.24) is 20.1 Å². The van der Waals surface area contributed by atoms with Gasteiger partial charge in [0.05, 0.1) is 29.0 Å². The molecular formula is C19H20N4OS. The number of hydrogen-bond acceptors (Lipinski definition) is 4. The molecule has 1 aliphatic carbocycles. The highest BCUT2D eigenvalue weighted by atomic mass is 32.1. The van der Waals surface area contributed by atoms with Crippen molar-refractivity contribution >= 4 is 17.2 Å². The van der Waals surface area contributed by atoms with Crippen LogP contribution >= 0.6 is 11.3 Å². The average molecular weight is 352 g/mol. The van der Waals surface area contributed by atoms with Crippen molar-refractivity contribution < 1.29 is 4.79 Å². The number of rotatable bonds is 6. The lowest BCUT2D eigenvalue weighted by Gasteiger charge is -2.09. The summed E-state index contributed by atoms with van der Waals surface area (Å²) >= 11 is 1.68. The smallest absolute Gasteiger partial charge is 0.223 e. The molecule has 0 spiro atoms. The highest BCUT2D eigenvalue weighted by Gasteiger charge is 2.38. The molecule has 0 aliphatic heterocycles. The summed E-state index contributed by atoms with van der Waals surface area (Å²) < 4.78 is 1.96. The Morgan fingerprint density at radius 1 is 1.36 bits per heavy atom. The van der Waals surface area contributed by atoms with E-state index in [9.17, 15) is 4.79 Å². The Morgan fingerprint density at radius 3 is 2.92 bits per heavy atom. The molecular weight excluding hydrogens is 332 g/mol. The van der Waals surface area contributed by atoms with Crippen LogP contribution in [0.5, 0.6) is 0 Å². The standard InChI is InChI=1S/C19H20N4OS/c1-13-11-14(13)19(24)21-8-9-23-18(17-6-4-10-25-17)15(12-22-23)16-5-2-3-7-20-16/h2-7,10,12-14H,8-9,11H2,1H3,(H,21,24)/t13-,14+/m1/s1. The van der Waals surface area contributed by atoms with Gasteiger partial charge in [0, 0.05) is 24.2 Å². The van der Waals surface area contributed by atoms with Crippen LogP contribution in [-0.2, 0) is 11.3 Å². The second-order valence-corrected chi connectivity index (χ2v) is 7.38. The Labute approximate surface area is 150 Å². The lowest BCUT2D eigenvalue weighted by Crippen LogP contribution is -2.29. The first-order chi connectivity index (χ1) is 12.2. The number of aromatic nitrogens is 3. The van der Waals surface area contributed by atoms with Gasteiger partial charge in [0.15, 0.2) is 0 Å².